The standard InChI is InChI=1S/C48H76N3O13PS2/c1-30(34-17-12-11-13-18-34)40(64-38(54)19-16-25-66-67-26-24-62-65(58,61-23-21-52)60-22-15-10-9-14-20-51-44(49)50)43(56)63-35-28-48(57)33(4)41-46(7)29-59-37(46)27-36(53)47(41,8)42(55)32(3)39(31(35)2)45(48,5)6/h11-13,17-18,30,32-33,35-37,40-41,52-53,57H,9-10,14-16,19-29H2,1-8H3,(H4,49,50,51)/t30-,32+,33-,35-,36-,37+,40+,41+,46+,47+,48+,65?/m0/s1. The van der Waals surface area contributed by atoms with Gasteiger partial charge in [0, 0.05) is 60.0 Å². The van der Waals surface area contributed by atoms with E-state index in [1.165, 1.54) is 21.6 Å². The molecule has 3 fully saturated rings. The van der Waals surface area contributed by atoms with Gasteiger partial charge in [0.05, 0.1) is 56.3 Å². The van der Waals surface area contributed by atoms with Crippen LogP contribution >= 0.6 is 29.4 Å². The summed E-state index contributed by atoms with van der Waals surface area (Å²) >= 11 is 0. The normalized spacial score (nSPS) is 31.7. The van der Waals surface area contributed by atoms with E-state index in [-0.39, 0.29) is 57.1 Å². The fourth-order valence-electron chi connectivity index (χ4n) is 11.6. The van der Waals surface area contributed by atoms with Crippen LogP contribution in [0.1, 0.15) is 118 Å². The maximum Gasteiger partial charge on any atom is 0.474 e. The SMILES string of the molecule is CC1=C2[C@@H](C)C(=O)[C@@]3(C)[C@H]([C@H](C)[C@](O)(C[C@@H]1OC(=O)[C@H](OC(=O)CCCSSCCOP(=O)(OCCO)OCCCCCCN=C(N)N)[C@@H](C)c1ccccc1)C2(C)C)[C@]1(C)CO[C@@H]1C[C@@H]3O. The van der Waals surface area contributed by atoms with Gasteiger partial charge in [-0.15, -0.1) is 0 Å². The zero-order valence-electron chi connectivity index (χ0n) is 40.6. The van der Waals surface area contributed by atoms with E-state index in [0.29, 0.717) is 55.1 Å². The topological polar surface area (TPSA) is 249 Å². The zero-order valence-corrected chi connectivity index (χ0v) is 43.1. The number of carbonyl (C=O) groups excluding carboxylic acids is 3. The Morgan fingerprint density at radius 1 is 0.970 bits per heavy atom. The molecular formula is C48H76N3O13PS2. The molecule has 2 saturated carbocycles. The fraction of sp³-hybridized carbons (Fsp3) is 0.750. The first-order valence-electron chi connectivity index (χ1n) is 23.8. The van der Waals surface area contributed by atoms with Crippen LogP contribution in [0.2, 0.25) is 0 Å². The number of fused-ring (bicyclic) bond motifs is 5. The Balaban J connectivity index is 1.19. The highest BCUT2D eigenvalue weighted by Crippen LogP contribution is 2.67. The summed E-state index contributed by atoms with van der Waals surface area (Å²) in [5.74, 6) is -2.53. The van der Waals surface area contributed by atoms with E-state index in [0.717, 1.165) is 24.8 Å². The second kappa shape index (κ2) is 23.6. The van der Waals surface area contributed by atoms with Crippen molar-refractivity contribution in [3.8, 4) is 0 Å². The van der Waals surface area contributed by atoms with Crippen LogP contribution in [0.15, 0.2) is 46.5 Å². The molecule has 1 aliphatic heterocycles. The number of Topliss-reactive ketones (excluding diaryl/α,β-unsaturated/α-hetero) is 1. The van der Waals surface area contributed by atoms with Crippen molar-refractivity contribution in [3.05, 3.63) is 47.0 Å². The van der Waals surface area contributed by atoms with Gasteiger partial charge in [0.1, 0.15) is 11.9 Å². The minimum atomic E-state index is -3.87. The van der Waals surface area contributed by atoms with Crippen LogP contribution in [0, 0.1) is 34.0 Å². The first-order valence-corrected chi connectivity index (χ1v) is 27.7. The number of hydrogen-bond donors (Lipinski definition) is 5. The maximum atomic E-state index is 14.9. The van der Waals surface area contributed by atoms with Gasteiger partial charge < -0.3 is 41.0 Å². The first-order chi connectivity index (χ1) is 31.6. The summed E-state index contributed by atoms with van der Waals surface area (Å²) in [6.07, 6.45) is 0.591. The molecule has 5 rings (SSSR count). The van der Waals surface area contributed by atoms with Gasteiger partial charge in [-0.05, 0) is 61.7 Å². The molecule has 3 aliphatic carbocycles. The Hall–Kier alpha value is -2.51. The fourth-order valence-corrected chi connectivity index (χ4v) is 14.8. The number of phosphoric ester groups is 1. The predicted molar refractivity (Wildman–Crippen MR) is 260 cm³/mol. The smallest absolute Gasteiger partial charge is 0.455 e. The van der Waals surface area contributed by atoms with Gasteiger partial charge in [-0.25, -0.2) is 9.36 Å². The summed E-state index contributed by atoms with van der Waals surface area (Å²) in [4.78, 5) is 46.8. The van der Waals surface area contributed by atoms with Gasteiger partial charge in [-0.3, -0.25) is 28.2 Å². The van der Waals surface area contributed by atoms with Gasteiger partial charge in [0.25, 0.3) is 0 Å². The molecule has 1 aromatic rings. The van der Waals surface area contributed by atoms with Gasteiger partial charge in [0.2, 0.25) is 6.10 Å². The van der Waals surface area contributed by atoms with Gasteiger partial charge >= 0.3 is 19.8 Å². The Labute approximate surface area is 404 Å². The Morgan fingerprint density at radius 3 is 2.28 bits per heavy atom. The predicted octanol–water partition coefficient (Wildman–Crippen LogP) is 6.88. The number of hydrogen-bond acceptors (Lipinski definition) is 16. The average Bonchev–Trinajstić information content (AvgIpc) is 3.28. The lowest BCUT2D eigenvalue weighted by Gasteiger charge is -2.68. The maximum absolute atomic E-state index is 14.9. The molecule has 378 valence electrons. The lowest BCUT2D eigenvalue weighted by Crippen LogP contribution is -2.74. The summed E-state index contributed by atoms with van der Waals surface area (Å²) in [6.45, 7) is 16.0. The van der Waals surface area contributed by atoms with Gasteiger partial charge in [-0.2, -0.15) is 0 Å². The van der Waals surface area contributed by atoms with Crippen LogP contribution in [0.25, 0.3) is 0 Å². The summed E-state index contributed by atoms with van der Waals surface area (Å²) in [7, 11) is -0.913. The van der Waals surface area contributed by atoms with Crippen molar-refractivity contribution in [3.63, 3.8) is 0 Å². The van der Waals surface area contributed by atoms with Crippen LogP contribution in [0.3, 0.4) is 0 Å². The number of unbranched alkanes of at least 4 members (excludes halogenated alkanes) is 3. The van der Waals surface area contributed by atoms with Crippen LogP contribution in [-0.4, -0.2) is 120 Å². The van der Waals surface area contributed by atoms with Gasteiger partial charge in [0.15, 0.2) is 5.96 Å². The molecule has 67 heavy (non-hydrogen) atoms. The highest BCUT2D eigenvalue weighted by Gasteiger charge is 2.72. The quantitative estimate of drug-likeness (QED) is 0.0127. The van der Waals surface area contributed by atoms with Crippen molar-refractivity contribution in [1.29, 1.82) is 0 Å². The number of benzene rings is 1. The van der Waals surface area contributed by atoms with Crippen molar-refractivity contribution in [2.24, 2.45) is 50.5 Å². The lowest BCUT2D eigenvalue weighted by molar-refractivity contribution is -0.301. The van der Waals surface area contributed by atoms with Crippen molar-refractivity contribution in [2.75, 3.05) is 51.1 Å². The molecule has 1 heterocycles. The van der Waals surface area contributed by atoms with E-state index in [1.54, 1.807) is 0 Å². The van der Waals surface area contributed by atoms with E-state index >= 15 is 0 Å². The van der Waals surface area contributed by atoms with E-state index in [9.17, 15) is 34.3 Å². The van der Waals surface area contributed by atoms with Crippen molar-refractivity contribution < 1.29 is 62.1 Å². The molecule has 7 N–H and O–H groups in total. The largest absolute Gasteiger partial charge is 0.474 e. The molecule has 1 unspecified atom stereocenters. The van der Waals surface area contributed by atoms with Crippen molar-refractivity contribution in [1.82, 2.24) is 0 Å². The van der Waals surface area contributed by atoms with E-state index in [1.807, 2.05) is 78.8 Å². The first kappa shape index (κ1) is 55.4. The van der Waals surface area contributed by atoms with Crippen molar-refractivity contribution in [2.45, 2.75) is 143 Å². The van der Waals surface area contributed by atoms with E-state index < -0.39 is 83.6 Å². The zero-order chi connectivity index (χ0) is 49.4. The molecule has 0 aromatic heterocycles. The van der Waals surface area contributed by atoms with Crippen LogP contribution in [0.4, 0.5) is 0 Å². The summed E-state index contributed by atoms with van der Waals surface area (Å²) in [5, 5.41) is 34.1. The van der Waals surface area contributed by atoms with E-state index in [4.69, 9.17) is 39.2 Å². The molecule has 1 aromatic carbocycles. The van der Waals surface area contributed by atoms with Crippen LogP contribution in [-0.2, 0) is 46.7 Å². The summed E-state index contributed by atoms with van der Waals surface area (Å²) in [5.41, 5.74) is 8.86. The number of rotatable bonds is 25. The number of carbonyl (C=O) groups is 3. The number of phosphoric acid groups is 1. The molecule has 4 aliphatic rings. The number of aliphatic hydroxyl groups excluding tert-OH is 2. The Morgan fingerprint density at radius 2 is 1.63 bits per heavy atom. The molecule has 0 spiro atoms. The van der Waals surface area contributed by atoms with Gasteiger partial charge in [-0.1, -0.05) is 106 Å². The number of ketones is 1. The van der Waals surface area contributed by atoms with E-state index in [2.05, 4.69) is 11.9 Å². The third-order valence-electron chi connectivity index (χ3n) is 15.2. The molecule has 2 bridgehead atoms. The minimum absolute atomic E-state index is 0.0365. The number of aliphatic hydroxyl groups is 3. The third-order valence-corrected chi connectivity index (χ3v) is 19.1. The highest BCUT2D eigenvalue weighted by molar-refractivity contribution is 8.76. The molecule has 0 amide bonds. The molecule has 0 radical (unpaired) electrons. The molecule has 16 nitrogen and oxygen atoms in total. The molecule has 1 saturated heterocycles. The number of esters is 2. The van der Waals surface area contributed by atoms with Crippen LogP contribution < -0.4 is 11.5 Å². The molecular weight excluding hydrogens is 922 g/mol. The number of nitrogens with zero attached hydrogens (tertiary/aromatic N) is 1. The number of aliphatic imine (C=N–C) groups is 1. The average molecular weight is 998 g/mol. The Bertz CT molecular complexity index is 1970. The monoisotopic (exact) mass is 997 g/mol. The molecule has 19 heteroatoms. The third kappa shape index (κ3) is 12.2. The second-order valence-electron chi connectivity index (χ2n) is 19.7. The minimum Gasteiger partial charge on any atom is -0.455 e. The van der Waals surface area contributed by atoms with Crippen LogP contribution in [0.5, 0.6) is 0 Å². The lowest BCUT2D eigenvalue weighted by atomic mass is 9.40. The molecule has 12 atom stereocenters. The van der Waals surface area contributed by atoms with Crippen molar-refractivity contribution >= 4 is 53.1 Å². The highest BCUT2D eigenvalue weighted by atomic mass is 33.1. The number of nitrogens with two attached hydrogens (primary N) is 2. The number of ether oxygens (including phenoxy) is 3. The number of guanidine groups is 1. The summed E-state index contributed by atoms with van der Waals surface area (Å²) < 4.78 is 47.6. The summed E-state index contributed by atoms with van der Waals surface area (Å²) in [6, 6.07) is 9.28. The second-order valence-corrected chi connectivity index (χ2v) is 24.1. The Kier molecular flexibility index (Phi) is 19.5.